The monoisotopic (exact) mass is 455 g/mol. The van der Waals surface area contributed by atoms with Crippen molar-refractivity contribution in [2.24, 2.45) is 4.99 Å². The van der Waals surface area contributed by atoms with E-state index in [4.69, 9.17) is 16.6 Å². The van der Waals surface area contributed by atoms with Gasteiger partial charge in [0.05, 0.1) is 6.04 Å². The van der Waals surface area contributed by atoms with Gasteiger partial charge in [0.15, 0.2) is 5.96 Å². The first-order valence-electron chi connectivity index (χ1n) is 11.8. The minimum atomic E-state index is 0.460. The van der Waals surface area contributed by atoms with Gasteiger partial charge in [-0.3, -0.25) is 0 Å². The Kier molecular flexibility index (Phi) is 8.60. The number of hydrogen-bond acceptors (Lipinski definition) is 2. The third kappa shape index (κ3) is 7.47. The summed E-state index contributed by atoms with van der Waals surface area (Å²) in [5.41, 5.74) is 2.39. The summed E-state index contributed by atoms with van der Waals surface area (Å²) in [6.07, 6.45) is 13.0. The summed E-state index contributed by atoms with van der Waals surface area (Å²) in [6, 6.07) is 17.8. The van der Waals surface area contributed by atoms with Crippen molar-refractivity contribution in [1.29, 1.82) is 0 Å². The third-order valence-electron chi connectivity index (χ3n) is 6.27. The molecule has 0 heterocycles. The van der Waals surface area contributed by atoms with Gasteiger partial charge >= 0.3 is 0 Å². The Labute approximate surface area is 196 Å². The SMILES string of the molecule is Clc1ccc(CSc2ccc(NC(=NC3CCCCC3)NC3CCCCC3)cc2)cc1. The van der Waals surface area contributed by atoms with Crippen LogP contribution in [0.1, 0.15) is 69.8 Å². The Morgan fingerprint density at radius 2 is 1.48 bits per heavy atom. The molecule has 2 aromatic rings. The van der Waals surface area contributed by atoms with Crippen LogP contribution in [0.4, 0.5) is 5.69 Å². The van der Waals surface area contributed by atoms with Crippen molar-refractivity contribution >= 4 is 35.0 Å². The molecule has 0 unspecified atom stereocenters. The zero-order valence-electron chi connectivity index (χ0n) is 18.3. The first-order valence-corrected chi connectivity index (χ1v) is 13.2. The van der Waals surface area contributed by atoms with Crippen molar-refractivity contribution in [3.8, 4) is 0 Å². The lowest BCUT2D eigenvalue weighted by Crippen LogP contribution is -2.41. The van der Waals surface area contributed by atoms with Crippen molar-refractivity contribution in [2.75, 3.05) is 5.32 Å². The van der Waals surface area contributed by atoms with Crippen LogP contribution in [-0.4, -0.2) is 18.0 Å². The summed E-state index contributed by atoms with van der Waals surface area (Å²) < 4.78 is 0. The number of nitrogens with zero attached hydrogens (tertiary/aromatic N) is 1. The van der Waals surface area contributed by atoms with E-state index in [1.165, 1.54) is 74.7 Å². The zero-order valence-corrected chi connectivity index (χ0v) is 19.9. The highest BCUT2D eigenvalue weighted by atomic mass is 35.5. The van der Waals surface area contributed by atoms with E-state index in [0.29, 0.717) is 12.1 Å². The molecule has 0 atom stereocenters. The number of benzene rings is 2. The summed E-state index contributed by atoms with van der Waals surface area (Å²) >= 11 is 7.83. The van der Waals surface area contributed by atoms with Crippen LogP contribution in [-0.2, 0) is 5.75 Å². The lowest BCUT2D eigenvalue weighted by Gasteiger charge is -2.27. The van der Waals surface area contributed by atoms with E-state index < -0.39 is 0 Å². The molecule has 2 saturated carbocycles. The second kappa shape index (κ2) is 11.8. The topological polar surface area (TPSA) is 36.4 Å². The van der Waals surface area contributed by atoms with E-state index in [-0.39, 0.29) is 0 Å². The van der Waals surface area contributed by atoms with Crippen LogP contribution in [0.25, 0.3) is 0 Å². The summed E-state index contributed by atoms with van der Waals surface area (Å²) in [5.74, 6) is 1.92. The van der Waals surface area contributed by atoms with Gasteiger partial charge in [-0.15, -0.1) is 11.8 Å². The fourth-order valence-corrected chi connectivity index (χ4v) is 5.44. The molecule has 166 valence electrons. The zero-order chi connectivity index (χ0) is 21.3. The Morgan fingerprint density at radius 3 is 2.16 bits per heavy atom. The average Bonchev–Trinajstić information content (AvgIpc) is 2.81. The average molecular weight is 456 g/mol. The molecular weight excluding hydrogens is 422 g/mol. The Bertz CT molecular complexity index is 823. The largest absolute Gasteiger partial charge is 0.353 e. The molecule has 0 spiro atoms. The number of halogens is 1. The molecule has 2 aliphatic rings. The van der Waals surface area contributed by atoms with Gasteiger partial charge in [0.1, 0.15) is 0 Å². The van der Waals surface area contributed by atoms with E-state index >= 15 is 0 Å². The molecule has 0 bridgehead atoms. The lowest BCUT2D eigenvalue weighted by atomic mass is 9.95. The van der Waals surface area contributed by atoms with Gasteiger partial charge in [0.2, 0.25) is 0 Å². The molecule has 2 aliphatic carbocycles. The highest BCUT2D eigenvalue weighted by Crippen LogP contribution is 2.26. The summed E-state index contributed by atoms with van der Waals surface area (Å²) in [4.78, 5) is 6.38. The van der Waals surface area contributed by atoms with E-state index in [1.807, 2.05) is 23.9 Å². The molecule has 31 heavy (non-hydrogen) atoms. The Hall–Kier alpha value is -1.65. The molecule has 4 rings (SSSR count). The van der Waals surface area contributed by atoms with Gasteiger partial charge in [-0.25, -0.2) is 4.99 Å². The normalized spacial score (nSPS) is 18.7. The van der Waals surface area contributed by atoms with Crippen molar-refractivity contribution in [3.05, 3.63) is 59.1 Å². The van der Waals surface area contributed by atoms with Gasteiger partial charge in [-0.05, 0) is 67.6 Å². The molecular formula is C26H34ClN3S. The Morgan fingerprint density at radius 1 is 0.839 bits per heavy atom. The fraction of sp³-hybridized carbons (Fsp3) is 0.500. The number of aliphatic imine (C=N–C) groups is 1. The van der Waals surface area contributed by atoms with Crippen molar-refractivity contribution in [3.63, 3.8) is 0 Å². The second-order valence-corrected chi connectivity index (χ2v) is 10.3. The van der Waals surface area contributed by atoms with Crippen LogP contribution < -0.4 is 10.6 Å². The first kappa shape index (κ1) is 22.5. The molecule has 2 aromatic carbocycles. The maximum atomic E-state index is 5.98. The smallest absolute Gasteiger partial charge is 0.196 e. The van der Waals surface area contributed by atoms with Crippen molar-refractivity contribution < 1.29 is 0 Å². The molecule has 5 heteroatoms. The van der Waals surface area contributed by atoms with E-state index in [9.17, 15) is 0 Å². The number of guanidine groups is 1. The summed E-state index contributed by atoms with van der Waals surface area (Å²) in [5, 5.41) is 8.12. The van der Waals surface area contributed by atoms with Crippen LogP contribution in [0, 0.1) is 0 Å². The van der Waals surface area contributed by atoms with Crippen LogP contribution in [0.2, 0.25) is 5.02 Å². The van der Waals surface area contributed by atoms with Gasteiger partial charge in [0, 0.05) is 27.4 Å². The lowest BCUT2D eigenvalue weighted by molar-refractivity contribution is 0.408. The molecule has 3 nitrogen and oxygen atoms in total. The van der Waals surface area contributed by atoms with Crippen molar-refractivity contribution in [2.45, 2.75) is 86.9 Å². The second-order valence-electron chi connectivity index (χ2n) is 8.81. The van der Waals surface area contributed by atoms with Crippen LogP contribution in [0.15, 0.2) is 58.4 Å². The maximum absolute atomic E-state index is 5.98. The Balaban J connectivity index is 1.36. The van der Waals surface area contributed by atoms with Crippen LogP contribution in [0.5, 0.6) is 0 Å². The summed E-state index contributed by atoms with van der Waals surface area (Å²) in [6.45, 7) is 0. The molecule has 2 N–H and O–H groups in total. The number of hydrogen-bond donors (Lipinski definition) is 2. The highest BCUT2D eigenvalue weighted by Gasteiger charge is 2.18. The molecule has 0 amide bonds. The third-order valence-corrected chi connectivity index (χ3v) is 7.60. The predicted octanol–water partition coefficient (Wildman–Crippen LogP) is 7.66. The standard InChI is InChI=1S/C26H34ClN3S/c27-21-13-11-20(12-14-21)19-31-25-17-15-24(16-18-25)30-26(28-22-7-3-1-4-8-22)29-23-9-5-2-6-10-23/h11-18,22-23H,1-10,19H2,(H2,28,29,30). The number of thioether (sulfide) groups is 1. The molecule has 2 fully saturated rings. The van der Waals surface area contributed by atoms with Crippen LogP contribution in [0.3, 0.4) is 0 Å². The maximum Gasteiger partial charge on any atom is 0.196 e. The molecule has 0 radical (unpaired) electrons. The van der Waals surface area contributed by atoms with Gasteiger partial charge in [-0.1, -0.05) is 62.3 Å². The predicted molar refractivity (Wildman–Crippen MR) is 135 cm³/mol. The van der Waals surface area contributed by atoms with Gasteiger partial charge < -0.3 is 10.6 Å². The summed E-state index contributed by atoms with van der Waals surface area (Å²) in [7, 11) is 0. The quantitative estimate of drug-likeness (QED) is 0.266. The fourth-order valence-electron chi connectivity index (χ4n) is 4.46. The van der Waals surface area contributed by atoms with Crippen molar-refractivity contribution in [1.82, 2.24) is 5.32 Å². The van der Waals surface area contributed by atoms with E-state index in [0.717, 1.165) is 22.4 Å². The number of nitrogens with one attached hydrogen (secondary N) is 2. The van der Waals surface area contributed by atoms with Gasteiger partial charge in [-0.2, -0.15) is 0 Å². The first-order chi connectivity index (χ1) is 15.2. The van der Waals surface area contributed by atoms with E-state index in [2.05, 4.69) is 47.0 Å². The molecule has 0 aromatic heterocycles. The number of rotatable bonds is 6. The minimum Gasteiger partial charge on any atom is -0.353 e. The van der Waals surface area contributed by atoms with Crippen LogP contribution >= 0.6 is 23.4 Å². The highest BCUT2D eigenvalue weighted by molar-refractivity contribution is 7.98. The number of anilines is 1. The van der Waals surface area contributed by atoms with E-state index in [1.54, 1.807) is 0 Å². The van der Waals surface area contributed by atoms with Gasteiger partial charge in [0.25, 0.3) is 0 Å². The minimum absolute atomic E-state index is 0.460. The molecule has 0 saturated heterocycles. The molecule has 0 aliphatic heterocycles.